The van der Waals surface area contributed by atoms with Crippen LogP contribution in [-0.2, 0) is 25.6 Å². The largest absolute Gasteiger partial charge is 0.481 e. The van der Waals surface area contributed by atoms with Crippen LogP contribution in [-0.4, -0.2) is 54.4 Å². The number of ether oxygens (including phenoxy) is 2. The first-order chi connectivity index (χ1) is 18.6. The number of carboxylic acid groups (broad SMARTS) is 1. The fraction of sp³-hybridized carbons (Fsp3) is 0.688. The molecule has 1 N–H and O–H groups in total. The SMILES string of the molecule is CC(C)C1=C[C@@H]2C[C@]3(C=O)[C@@H]4CC[C@@H](C)[C@H]4CC2(CO[C@H]2CN(Cc4ccc(Br)cc4)C[C@@H](C)O2)[C@]13C(=O)O. The Labute approximate surface area is 240 Å². The summed E-state index contributed by atoms with van der Waals surface area (Å²) in [5.41, 5.74) is -0.500. The fourth-order valence-electron chi connectivity index (χ4n) is 9.94. The van der Waals surface area contributed by atoms with Gasteiger partial charge >= 0.3 is 5.97 Å². The lowest BCUT2D eigenvalue weighted by Crippen LogP contribution is -2.64. The smallest absolute Gasteiger partial charge is 0.315 e. The molecule has 1 saturated heterocycles. The molecule has 4 fully saturated rings. The van der Waals surface area contributed by atoms with Crippen LogP contribution in [0.25, 0.3) is 0 Å². The minimum atomic E-state index is -1.21. The van der Waals surface area contributed by atoms with Crippen molar-refractivity contribution >= 4 is 28.2 Å². The highest BCUT2D eigenvalue weighted by molar-refractivity contribution is 9.10. The molecule has 9 atom stereocenters. The predicted octanol–water partition coefficient (Wildman–Crippen LogP) is 5.94. The quantitative estimate of drug-likeness (QED) is 0.294. The van der Waals surface area contributed by atoms with E-state index < -0.39 is 28.5 Å². The van der Waals surface area contributed by atoms with Gasteiger partial charge in [0.2, 0.25) is 0 Å². The van der Waals surface area contributed by atoms with Crippen LogP contribution in [0.15, 0.2) is 40.4 Å². The minimum Gasteiger partial charge on any atom is -0.481 e. The number of allylic oxidation sites excluding steroid dienone is 1. The Morgan fingerprint density at radius 2 is 1.95 bits per heavy atom. The van der Waals surface area contributed by atoms with Crippen LogP contribution in [0.3, 0.4) is 0 Å². The second-order valence-electron chi connectivity index (χ2n) is 13.5. The third-order valence-corrected chi connectivity index (χ3v) is 11.8. The zero-order chi connectivity index (χ0) is 27.7. The van der Waals surface area contributed by atoms with Crippen LogP contribution in [0.1, 0.15) is 58.9 Å². The Morgan fingerprint density at radius 3 is 2.62 bits per heavy atom. The first kappa shape index (κ1) is 27.6. The summed E-state index contributed by atoms with van der Waals surface area (Å²) in [5, 5.41) is 11.2. The van der Waals surface area contributed by atoms with Gasteiger partial charge in [-0.15, -0.1) is 0 Å². The van der Waals surface area contributed by atoms with E-state index in [4.69, 9.17) is 9.47 Å². The van der Waals surface area contributed by atoms with E-state index in [0.717, 1.165) is 48.7 Å². The predicted molar refractivity (Wildman–Crippen MR) is 152 cm³/mol. The van der Waals surface area contributed by atoms with Crippen LogP contribution >= 0.6 is 15.9 Å². The summed E-state index contributed by atoms with van der Waals surface area (Å²) in [4.78, 5) is 29.2. The van der Waals surface area contributed by atoms with E-state index >= 15 is 0 Å². The third kappa shape index (κ3) is 3.82. The molecule has 0 aromatic heterocycles. The highest BCUT2D eigenvalue weighted by Crippen LogP contribution is 2.82. The van der Waals surface area contributed by atoms with Crippen LogP contribution in [0, 0.1) is 45.8 Å². The molecule has 39 heavy (non-hydrogen) atoms. The Balaban J connectivity index is 1.31. The van der Waals surface area contributed by atoms with Gasteiger partial charge in [0.25, 0.3) is 0 Å². The maximum atomic E-state index is 13.6. The summed E-state index contributed by atoms with van der Waals surface area (Å²) in [6, 6.07) is 8.38. The van der Waals surface area contributed by atoms with Gasteiger partial charge in [-0.2, -0.15) is 0 Å². The molecule has 1 aromatic carbocycles. The van der Waals surface area contributed by atoms with Crippen molar-refractivity contribution in [2.24, 2.45) is 45.8 Å². The number of hydrogen-bond acceptors (Lipinski definition) is 5. The minimum absolute atomic E-state index is 0.00874. The molecule has 1 aliphatic heterocycles. The Bertz CT molecular complexity index is 1170. The van der Waals surface area contributed by atoms with Gasteiger partial charge in [0.15, 0.2) is 6.29 Å². The number of fused-ring (bicyclic) bond motifs is 2. The molecule has 212 valence electrons. The van der Waals surface area contributed by atoms with E-state index in [1.165, 1.54) is 5.56 Å². The summed E-state index contributed by atoms with van der Waals surface area (Å²) in [5.74, 6) is 0.255. The van der Waals surface area contributed by atoms with Gasteiger partial charge in [0.1, 0.15) is 11.7 Å². The Kier molecular flexibility index (Phi) is 6.93. The average Bonchev–Trinajstić information content (AvgIpc) is 3.46. The number of carboxylic acids is 1. The zero-order valence-corrected chi connectivity index (χ0v) is 25.2. The van der Waals surface area contributed by atoms with Crippen LogP contribution in [0.4, 0.5) is 0 Å². The van der Waals surface area contributed by atoms with Gasteiger partial charge in [0, 0.05) is 29.5 Å². The number of nitrogens with zero attached hydrogens (tertiary/aromatic N) is 1. The van der Waals surface area contributed by atoms with Crippen molar-refractivity contribution in [3.8, 4) is 0 Å². The number of rotatable bonds is 8. The number of carbonyl (C=O) groups excluding carboxylic acids is 1. The van der Waals surface area contributed by atoms with Gasteiger partial charge in [0.05, 0.1) is 18.1 Å². The average molecular weight is 601 g/mol. The first-order valence-electron chi connectivity index (χ1n) is 14.7. The van der Waals surface area contributed by atoms with Crippen molar-refractivity contribution in [2.75, 3.05) is 19.7 Å². The summed E-state index contributed by atoms with van der Waals surface area (Å²) in [7, 11) is 0. The third-order valence-electron chi connectivity index (χ3n) is 11.3. The van der Waals surface area contributed by atoms with Crippen LogP contribution in [0.2, 0.25) is 0 Å². The van der Waals surface area contributed by atoms with E-state index in [1.807, 2.05) is 0 Å². The summed E-state index contributed by atoms with van der Waals surface area (Å²) >= 11 is 3.51. The van der Waals surface area contributed by atoms with Gasteiger partial charge in [-0.1, -0.05) is 66.9 Å². The maximum Gasteiger partial charge on any atom is 0.315 e. The molecular formula is C32H42BrNO5. The summed E-state index contributed by atoms with van der Waals surface area (Å²) < 4.78 is 14.0. The summed E-state index contributed by atoms with van der Waals surface area (Å²) in [6.45, 7) is 11.1. The lowest BCUT2D eigenvalue weighted by atomic mass is 9.43. The lowest BCUT2D eigenvalue weighted by molar-refractivity contribution is -0.237. The van der Waals surface area contributed by atoms with Crippen LogP contribution < -0.4 is 0 Å². The highest BCUT2D eigenvalue weighted by Gasteiger charge is 2.84. The van der Waals surface area contributed by atoms with Gasteiger partial charge in [-0.25, -0.2) is 0 Å². The molecule has 0 radical (unpaired) electrons. The standard InChI is InChI=1S/C32H42BrNO5/c1-19(2)27-11-23-12-30(17-35)26-10-5-20(3)25(26)13-31(23,32(27,30)29(36)37)18-38-28-16-34(14-21(4)39-28)15-22-6-8-24(33)9-7-22/h6-9,11,17,19-21,23,25-26,28H,5,10,12-16,18H2,1-4H3,(H,36,37)/t20-,21-,23-,25-,26-,28-,30+,31?,32+/m1/s1. The van der Waals surface area contributed by atoms with Gasteiger partial charge < -0.3 is 19.4 Å². The number of aliphatic carboxylic acids is 1. The number of hydrogen-bond donors (Lipinski definition) is 1. The van der Waals surface area contributed by atoms with Gasteiger partial charge in [-0.3, -0.25) is 9.69 Å². The summed E-state index contributed by atoms with van der Waals surface area (Å²) in [6.07, 6.45) is 6.35. The molecule has 5 aliphatic rings. The van der Waals surface area contributed by atoms with Crippen molar-refractivity contribution in [3.05, 3.63) is 46.0 Å². The van der Waals surface area contributed by atoms with E-state index in [-0.39, 0.29) is 23.9 Å². The van der Waals surface area contributed by atoms with Crippen molar-refractivity contribution in [3.63, 3.8) is 0 Å². The molecular weight excluding hydrogens is 558 g/mol. The number of halogens is 1. The van der Waals surface area contributed by atoms with Crippen molar-refractivity contribution in [1.29, 1.82) is 0 Å². The molecule has 0 amide bonds. The molecule has 3 saturated carbocycles. The van der Waals surface area contributed by atoms with E-state index in [0.29, 0.717) is 31.4 Å². The zero-order valence-electron chi connectivity index (χ0n) is 23.6. The monoisotopic (exact) mass is 599 g/mol. The van der Waals surface area contributed by atoms with E-state index in [1.54, 1.807) is 0 Å². The number of carbonyl (C=O) groups is 2. The molecule has 1 unspecified atom stereocenters. The molecule has 6 rings (SSSR count). The molecule has 6 nitrogen and oxygen atoms in total. The van der Waals surface area contributed by atoms with Crippen LogP contribution in [0.5, 0.6) is 0 Å². The number of morpholine rings is 1. The number of aldehydes is 1. The Hall–Kier alpha value is -1.54. The van der Waals surface area contributed by atoms with Crippen molar-refractivity contribution in [2.45, 2.75) is 72.3 Å². The number of benzene rings is 1. The molecule has 1 aromatic rings. The lowest BCUT2D eigenvalue weighted by Gasteiger charge is -2.58. The van der Waals surface area contributed by atoms with Crippen molar-refractivity contribution < 1.29 is 24.2 Å². The normalized spacial score (nSPS) is 43.0. The first-order valence-corrected chi connectivity index (χ1v) is 15.5. The Morgan fingerprint density at radius 1 is 1.21 bits per heavy atom. The topological polar surface area (TPSA) is 76.1 Å². The second kappa shape index (κ2) is 9.78. The molecule has 4 bridgehead atoms. The molecule has 1 heterocycles. The van der Waals surface area contributed by atoms with Crippen molar-refractivity contribution in [1.82, 2.24) is 4.90 Å². The van der Waals surface area contributed by atoms with E-state index in [9.17, 15) is 14.7 Å². The fourth-order valence-corrected chi connectivity index (χ4v) is 10.2. The maximum absolute atomic E-state index is 13.6. The second-order valence-corrected chi connectivity index (χ2v) is 14.4. The highest BCUT2D eigenvalue weighted by atomic mass is 79.9. The molecule has 0 spiro atoms. The van der Waals surface area contributed by atoms with E-state index in [2.05, 4.69) is 78.9 Å². The van der Waals surface area contributed by atoms with Gasteiger partial charge in [-0.05, 0) is 73.5 Å². The molecule has 7 heteroatoms. The molecule has 4 aliphatic carbocycles.